The Morgan fingerprint density at radius 3 is 2.27 bits per heavy atom. The van der Waals surface area contributed by atoms with Gasteiger partial charge in [-0.2, -0.15) is 0 Å². The van der Waals surface area contributed by atoms with Crippen LogP contribution in [0.25, 0.3) is 5.70 Å². The lowest BCUT2D eigenvalue weighted by atomic mass is 10.1. The molecule has 1 unspecified atom stereocenters. The Labute approximate surface area is 268 Å². The molecule has 13 heteroatoms. The third-order valence-electron chi connectivity index (χ3n) is 5.52. The fourth-order valence-electron chi connectivity index (χ4n) is 3.01. The molecule has 0 saturated heterocycles. The van der Waals surface area contributed by atoms with Crippen LogP contribution in [-0.4, -0.2) is 48.6 Å². The lowest BCUT2D eigenvalue weighted by molar-refractivity contribution is -0.114. The predicted octanol–water partition coefficient (Wildman–Crippen LogP) is 7.36. The molecule has 0 saturated carbocycles. The first-order valence-corrected chi connectivity index (χ1v) is 15.2. The number of carbonyl (C=O) groups is 2. The summed E-state index contributed by atoms with van der Waals surface area (Å²) in [6.45, 7) is 17.5. The van der Waals surface area contributed by atoms with E-state index < -0.39 is 17.5 Å². The summed E-state index contributed by atoms with van der Waals surface area (Å²) in [4.78, 5) is 32.3. The number of nitrogens with zero attached hydrogens (tertiary/aromatic N) is 2. The maximum atomic E-state index is 14.6. The second kappa shape index (κ2) is 21.4. The standard InChI is InChI=1S/C23H21F2N5O4S.C5H12O.2C2H6/c1-11(27-22(34-4)19-20(26)30-23(35-19)28-12(2)31)15-9-18(17(25)10-16(15)24)29-21(32)13-6-5-7-14(8-13)33-3;1-3-5(2)4-6;2*1-2/h5-10H,1,26H2,2-4H3,(H,29,32)(H,28,30,31);5-6H,3-4H2,1-2H3;2*1-2H3. The molecule has 0 fully saturated rings. The Morgan fingerprint density at radius 1 is 1.11 bits per heavy atom. The third-order valence-corrected chi connectivity index (χ3v) is 6.49. The number of anilines is 3. The lowest BCUT2D eigenvalue weighted by Crippen LogP contribution is -2.13. The number of nitrogens with one attached hydrogen (secondary N) is 2. The van der Waals surface area contributed by atoms with Gasteiger partial charge < -0.3 is 30.9 Å². The number of nitrogen functional groups attached to an aromatic ring is 1. The van der Waals surface area contributed by atoms with Crippen molar-refractivity contribution >= 4 is 51.4 Å². The Balaban J connectivity index is 0.00000170. The number of ether oxygens (including phenoxy) is 2. The van der Waals surface area contributed by atoms with Crippen molar-refractivity contribution in [2.45, 2.75) is 54.9 Å². The molecule has 1 heterocycles. The van der Waals surface area contributed by atoms with Gasteiger partial charge in [-0.05, 0) is 30.2 Å². The molecule has 0 bridgehead atoms. The molecular formula is C32H45F2N5O5S. The first-order chi connectivity index (χ1) is 21.4. The highest BCUT2D eigenvalue weighted by molar-refractivity contribution is 7.18. The monoisotopic (exact) mass is 649 g/mol. The fraction of sp³-hybridized carbons (Fsp3) is 0.375. The summed E-state index contributed by atoms with van der Waals surface area (Å²) < 4.78 is 39.4. The van der Waals surface area contributed by atoms with Gasteiger partial charge >= 0.3 is 0 Å². The zero-order valence-electron chi connectivity index (χ0n) is 27.4. The molecule has 0 aliphatic rings. The van der Waals surface area contributed by atoms with E-state index in [2.05, 4.69) is 34.1 Å². The van der Waals surface area contributed by atoms with E-state index in [1.807, 2.05) is 34.6 Å². The van der Waals surface area contributed by atoms with Crippen LogP contribution in [0, 0.1) is 17.6 Å². The summed E-state index contributed by atoms with van der Waals surface area (Å²) in [6, 6.07) is 7.92. The molecular weight excluding hydrogens is 604 g/mol. The second-order valence-electron chi connectivity index (χ2n) is 8.68. The van der Waals surface area contributed by atoms with Gasteiger partial charge in [-0.3, -0.25) is 9.59 Å². The van der Waals surface area contributed by atoms with E-state index in [0.717, 1.165) is 23.8 Å². The Kier molecular flexibility index (Phi) is 19.3. The maximum Gasteiger partial charge on any atom is 0.255 e. The number of benzene rings is 2. The van der Waals surface area contributed by atoms with Gasteiger partial charge in [-0.1, -0.05) is 71.9 Å². The van der Waals surface area contributed by atoms with Crippen molar-refractivity contribution in [2.24, 2.45) is 10.9 Å². The number of carbonyl (C=O) groups excluding carboxylic acids is 2. The summed E-state index contributed by atoms with van der Waals surface area (Å²) in [5, 5.41) is 13.5. The molecule has 2 aromatic carbocycles. The maximum absolute atomic E-state index is 14.6. The number of halogens is 2. The predicted molar refractivity (Wildman–Crippen MR) is 180 cm³/mol. The summed E-state index contributed by atoms with van der Waals surface area (Å²) in [5.41, 5.74) is 5.50. The topological polar surface area (TPSA) is 148 Å². The molecule has 45 heavy (non-hydrogen) atoms. The highest BCUT2D eigenvalue weighted by Crippen LogP contribution is 2.30. The van der Waals surface area contributed by atoms with Crippen LogP contribution >= 0.6 is 11.3 Å². The smallest absolute Gasteiger partial charge is 0.255 e. The van der Waals surface area contributed by atoms with E-state index in [-0.39, 0.29) is 50.1 Å². The van der Waals surface area contributed by atoms with E-state index in [4.69, 9.17) is 20.3 Å². The highest BCUT2D eigenvalue weighted by Gasteiger charge is 2.19. The van der Waals surface area contributed by atoms with E-state index >= 15 is 0 Å². The number of thiazole rings is 1. The third kappa shape index (κ3) is 13.0. The number of aliphatic hydroxyl groups excluding tert-OH is 1. The average molecular weight is 650 g/mol. The van der Waals surface area contributed by atoms with Crippen LogP contribution in [-0.2, 0) is 9.53 Å². The number of hydrogen-bond donors (Lipinski definition) is 4. The van der Waals surface area contributed by atoms with Gasteiger partial charge in [0.15, 0.2) is 5.13 Å². The Morgan fingerprint density at radius 2 is 1.76 bits per heavy atom. The van der Waals surface area contributed by atoms with Gasteiger partial charge in [0, 0.05) is 30.7 Å². The molecule has 2 amide bonds. The van der Waals surface area contributed by atoms with Gasteiger partial charge in [0.2, 0.25) is 11.8 Å². The van der Waals surface area contributed by atoms with Gasteiger partial charge in [0.1, 0.15) is 28.1 Å². The van der Waals surface area contributed by atoms with Crippen LogP contribution in [0.2, 0.25) is 0 Å². The van der Waals surface area contributed by atoms with Crippen LogP contribution in [0.15, 0.2) is 48.0 Å². The summed E-state index contributed by atoms with van der Waals surface area (Å²) >= 11 is 0.991. The van der Waals surface area contributed by atoms with Crippen LogP contribution < -0.4 is 21.1 Å². The van der Waals surface area contributed by atoms with Gasteiger partial charge in [0.05, 0.1) is 25.6 Å². The number of methoxy groups -OCH3 is 2. The molecule has 3 aromatic rings. The molecule has 1 aromatic heterocycles. The molecule has 0 aliphatic carbocycles. The quantitative estimate of drug-likeness (QED) is 0.140. The molecule has 10 nitrogen and oxygen atoms in total. The number of nitrogens with two attached hydrogens (primary N) is 1. The molecule has 0 spiro atoms. The Bertz CT molecular complexity index is 1420. The van der Waals surface area contributed by atoms with Crippen molar-refractivity contribution in [3.05, 3.63) is 70.6 Å². The minimum absolute atomic E-state index is 0.0259. The average Bonchev–Trinajstić information content (AvgIpc) is 3.41. The van der Waals surface area contributed by atoms with Crippen molar-refractivity contribution in [2.75, 3.05) is 37.2 Å². The number of rotatable bonds is 9. The molecule has 3 rings (SSSR count). The van der Waals surface area contributed by atoms with E-state index in [0.29, 0.717) is 24.3 Å². The molecule has 248 valence electrons. The normalized spacial score (nSPS) is 10.8. The molecule has 0 aliphatic heterocycles. The van der Waals surface area contributed by atoms with Crippen LogP contribution in [0.3, 0.4) is 0 Å². The molecule has 0 radical (unpaired) electrons. The van der Waals surface area contributed by atoms with Crippen LogP contribution in [0.4, 0.5) is 25.4 Å². The van der Waals surface area contributed by atoms with Gasteiger partial charge in [-0.15, -0.1) is 0 Å². The van der Waals surface area contributed by atoms with E-state index in [1.54, 1.807) is 12.1 Å². The zero-order valence-corrected chi connectivity index (χ0v) is 28.2. The Hall–Kier alpha value is -4.36. The van der Waals surface area contributed by atoms with Gasteiger partial charge in [0.25, 0.3) is 5.91 Å². The van der Waals surface area contributed by atoms with E-state index in [1.165, 1.54) is 33.3 Å². The number of hydrogen-bond acceptors (Lipinski definition) is 9. The summed E-state index contributed by atoms with van der Waals surface area (Å²) in [6.07, 6.45) is 1.08. The van der Waals surface area contributed by atoms with Crippen molar-refractivity contribution in [3.8, 4) is 5.75 Å². The number of aromatic nitrogens is 1. The minimum Gasteiger partial charge on any atom is -0.497 e. The number of aliphatic imine (C=N–C) groups is 1. The summed E-state index contributed by atoms with van der Waals surface area (Å²) in [7, 11) is 2.76. The highest BCUT2D eigenvalue weighted by atomic mass is 32.1. The minimum atomic E-state index is -0.988. The SMILES string of the molecule is C=C(N=C(OC)c1sc(NC(C)=O)nc1N)c1cc(NC(=O)c2cccc(OC)c2)c(F)cc1F.CC.CC.CCC(C)CO. The van der Waals surface area contributed by atoms with Crippen LogP contribution in [0.5, 0.6) is 5.75 Å². The van der Waals surface area contributed by atoms with Crippen molar-refractivity contribution in [1.82, 2.24) is 4.98 Å². The van der Waals surface area contributed by atoms with E-state index in [9.17, 15) is 18.4 Å². The molecule has 5 N–H and O–H groups in total. The molecule has 1 atom stereocenters. The fourth-order valence-corrected chi connectivity index (χ4v) is 3.91. The second-order valence-corrected chi connectivity index (χ2v) is 9.68. The van der Waals surface area contributed by atoms with Crippen molar-refractivity contribution in [3.63, 3.8) is 0 Å². The number of amides is 2. The van der Waals surface area contributed by atoms with Gasteiger partial charge in [-0.25, -0.2) is 18.8 Å². The van der Waals surface area contributed by atoms with Crippen LogP contribution in [0.1, 0.15) is 75.7 Å². The summed E-state index contributed by atoms with van der Waals surface area (Å²) in [5.74, 6) is -2.01. The number of aliphatic hydroxyl groups is 1. The zero-order chi connectivity index (χ0) is 34.7. The van der Waals surface area contributed by atoms with Crippen molar-refractivity contribution in [1.29, 1.82) is 0 Å². The largest absolute Gasteiger partial charge is 0.497 e. The first-order valence-electron chi connectivity index (χ1n) is 14.3. The lowest BCUT2D eigenvalue weighted by Gasteiger charge is -2.11. The van der Waals surface area contributed by atoms with Crippen molar-refractivity contribution < 1.29 is 33.0 Å². The first kappa shape index (κ1) is 40.6.